The van der Waals surface area contributed by atoms with Crippen LogP contribution in [0.1, 0.15) is 24.2 Å². The van der Waals surface area contributed by atoms with Crippen molar-refractivity contribution in [1.29, 1.82) is 0 Å². The molecule has 1 aliphatic rings. The summed E-state index contributed by atoms with van der Waals surface area (Å²) in [6, 6.07) is 31.2. The molecule has 4 aromatic carbocycles. The maximum Gasteiger partial charge on any atom is 0.387 e. The summed E-state index contributed by atoms with van der Waals surface area (Å²) in [5.74, 6) is 0.635. The van der Waals surface area contributed by atoms with E-state index in [0.29, 0.717) is 11.3 Å². The summed E-state index contributed by atoms with van der Waals surface area (Å²) < 4.78 is 37.5. The van der Waals surface area contributed by atoms with Crippen LogP contribution in [-0.4, -0.2) is 13.2 Å². The van der Waals surface area contributed by atoms with Crippen LogP contribution in [0.4, 0.5) is 20.2 Å². The molecule has 3 nitrogen and oxygen atoms in total. The zero-order chi connectivity index (χ0) is 22.8. The maximum atomic E-state index is 13.1. The monoisotopic (exact) mass is 443 g/mol. The highest BCUT2D eigenvalue weighted by Gasteiger charge is 2.31. The Morgan fingerprint density at radius 1 is 0.848 bits per heavy atom. The van der Waals surface area contributed by atoms with Crippen molar-refractivity contribution in [3.05, 3.63) is 108 Å². The lowest BCUT2D eigenvalue weighted by molar-refractivity contribution is -0.0496. The Morgan fingerprint density at radius 2 is 1.58 bits per heavy atom. The first-order chi connectivity index (χ1) is 16.2. The number of nitrogens with zero attached hydrogens (tertiary/aromatic N) is 1. The Labute approximate surface area is 191 Å². The smallest absolute Gasteiger partial charge is 0.387 e. The SMILES string of the molecule is CCN(c1ccccc1)c1ccc2c(c1)C(c1ccccc1)Oc1cccc(OC(F)F)c1-2. The Kier molecular flexibility index (Phi) is 5.69. The van der Waals surface area contributed by atoms with Gasteiger partial charge in [0.2, 0.25) is 0 Å². The number of halogens is 2. The molecule has 0 aliphatic carbocycles. The van der Waals surface area contributed by atoms with Crippen LogP contribution >= 0.6 is 0 Å². The van der Waals surface area contributed by atoms with E-state index >= 15 is 0 Å². The zero-order valence-electron chi connectivity index (χ0n) is 18.1. The van der Waals surface area contributed by atoms with Crippen LogP contribution in [0.15, 0.2) is 97.1 Å². The standard InChI is InChI=1S/C28H23F2NO2/c1-2-31(20-12-7-4-8-13-20)21-16-17-22-23(18-21)27(19-10-5-3-6-11-19)32-24-14-9-15-25(26(22)24)33-28(29)30/h3-18,27-28H,2H2,1H3. The van der Waals surface area contributed by atoms with Crippen molar-refractivity contribution in [2.75, 3.05) is 11.4 Å². The normalized spacial score (nSPS) is 14.2. The summed E-state index contributed by atoms with van der Waals surface area (Å²) in [6.07, 6.45) is -0.370. The van der Waals surface area contributed by atoms with E-state index in [2.05, 4.69) is 30.0 Å². The highest BCUT2D eigenvalue weighted by atomic mass is 19.3. The Hall–Kier alpha value is -3.86. The number of ether oxygens (including phenoxy) is 2. The highest BCUT2D eigenvalue weighted by molar-refractivity contribution is 5.83. The number of anilines is 2. The molecule has 0 spiro atoms. The molecule has 0 amide bonds. The third kappa shape index (κ3) is 4.02. The minimum absolute atomic E-state index is 0.110. The van der Waals surface area contributed by atoms with Gasteiger partial charge in [-0.2, -0.15) is 8.78 Å². The summed E-state index contributed by atoms with van der Waals surface area (Å²) in [5, 5.41) is 0. The summed E-state index contributed by atoms with van der Waals surface area (Å²) in [7, 11) is 0. The fourth-order valence-corrected chi connectivity index (χ4v) is 4.42. The molecule has 0 radical (unpaired) electrons. The van der Waals surface area contributed by atoms with Crippen molar-refractivity contribution in [3.63, 3.8) is 0 Å². The molecule has 0 saturated carbocycles. The van der Waals surface area contributed by atoms with E-state index in [9.17, 15) is 8.78 Å². The number of para-hydroxylation sites is 1. The number of rotatable bonds is 6. The van der Waals surface area contributed by atoms with Gasteiger partial charge < -0.3 is 14.4 Å². The molecule has 0 fully saturated rings. The molecule has 166 valence electrons. The van der Waals surface area contributed by atoms with Gasteiger partial charge in [0.25, 0.3) is 0 Å². The van der Waals surface area contributed by atoms with Gasteiger partial charge in [-0.15, -0.1) is 0 Å². The highest BCUT2D eigenvalue weighted by Crippen LogP contribution is 2.50. The molecule has 5 rings (SSSR count). The molecular weight excluding hydrogens is 420 g/mol. The second kappa shape index (κ2) is 8.94. The van der Waals surface area contributed by atoms with Crippen molar-refractivity contribution in [1.82, 2.24) is 0 Å². The fourth-order valence-electron chi connectivity index (χ4n) is 4.42. The first-order valence-electron chi connectivity index (χ1n) is 10.9. The van der Waals surface area contributed by atoms with Crippen LogP contribution in [0, 0.1) is 0 Å². The molecule has 1 aliphatic heterocycles. The minimum atomic E-state index is -2.92. The third-order valence-electron chi connectivity index (χ3n) is 5.83. The quantitative estimate of drug-likeness (QED) is 0.306. The number of hydrogen-bond acceptors (Lipinski definition) is 3. The van der Waals surface area contributed by atoms with Gasteiger partial charge in [-0.25, -0.2) is 0 Å². The van der Waals surface area contributed by atoms with E-state index in [0.717, 1.165) is 34.6 Å². The fraction of sp³-hybridized carbons (Fsp3) is 0.143. The molecule has 1 heterocycles. The average molecular weight is 443 g/mol. The molecule has 5 heteroatoms. The van der Waals surface area contributed by atoms with E-state index in [4.69, 9.17) is 9.47 Å². The van der Waals surface area contributed by atoms with Crippen LogP contribution in [0.3, 0.4) is 0 Å². The van der Waals surface area contributed by atoms with Crippen LogP contribution in [0.5, 0.6) is 11.5 Å². The summed E-state index contributed by atoms with van der Waals surface area (Å²) in [4.78, 5) is 2.21. The van der Waals surface area contributed by atoms with Crippen molar-refractivity contribution in [2.24, 2.45) is 0 Å². The van der Waals surface area contributed by atoms with Gasteiger partial charge >= 0.3 is 6.61 Å². The molecule has 0 saturated heterocycles. The zero-order valence-corrected chi connectivity index (χ0v) is 18.1. The molecule has 0 aromatic heterocycles. The second-order valence-corrected chi connectivity index (χ2v) is 7.77. The summed E-state index contributed by atoms with van der Waals surface area (Å²) in [6.45, 7) is -0.0444. The maximum absolute atomic E-state index is 13.1. The van der Waals surface area contributed by atoms with Gasteiger partial charge in [-0.3, -0.25) is 0 Å². The molecule has 4 aromatic rings. The Bertz CT molecular complexity index is 1250. The minimum Gasteiger partial charge on any atom is -0.480 e. The molecule has 1 atom stereocenters. The van der Waals surface area contributed by atoms with E-state index in [-0.39, 0.29) is 11.9 Å². The van der Waals surface area contributed by atoms with E-state index in [1.54, 1.807) is 18.2 Å². The molecular formula is C28H23F2NO2. The molecule has 1 unspecified atom stereocenters. The largest absolute Gasteiger partial charge is 0.480 e. The first kappa shape index (κ1) is 21.0. The van der Waals surface area contributed by atoms with E-state index in [1.165, 1.54) is 0 Å². The van der Waals surface area contributed by atoms with Crippen LogP contribution in [0.25, 0.3) is 11.1 Å². The lowest BCUT2D eigenvalue weighted by atomic mass is 9.88. The van der Waals surface area contributed by atoms with Crippen LogP contribution in [-0.2, 0) is 0 Å². The van der Waals surface area contributed by atoms with Crippen molar-refractivity contribution in [2.45, 2.75) is 19.6 Å². The second-order valence-electron chi connectivity index (χ2n) is 7.77. The van der Waals surface area contributed by atoms with E-state index < -0.39 is 6.61 Å². The third-order valence-corrected chi connectivity index (χ3v) is 5.83. The lowest BCUT2D eigenvalue weighted by Crippen LogP contribution is -2.19. The van der Waals surface area contributed by atoms with Crippen LogP contribution < -0.4 is 14.4 Å². The average Bonchev–Trinajstić information content (AvgIpc) is 2.85. The van der Waals surface area contributed by atoms with Gasteiger partial charge in [0.05, 0.1) is 5.56 Å². The summed E-state index contributed by atoms with van der Waals surface area (Å²) >= 11 is 0. The van der Waals surface area contributed by atoms with Gasteiger partial charge in [0.15, 0.2) is 0 Å². The lowest BCUT2D eigenvalue weighted by Gasteiger charge is -2.32. The van der Waals surface area contributed by atoms with Crippen LogP contribution in [0.2, 0.25) is 0 Å². The van der Waals surface area contributed by atoms with Crippen molar-refractivity contribution >= 4 is 11.4 Å². The van der Waals surface area contributed by atoms with Crippen molar-refractivity contribution < 1.29 is 18.3 Å². The van der Waals surface area contributed by atoms with Gasteiger partial charge in [0, 0.05) is 23.5 Å². The first-order valence-corrected chi connectivity index (χ1v) is 10.9. The van der Waals surface area contributed by atoms with Gasteiger partial charge in [-0.05, 0) is 54.4 Å². The molecule has 33 heavy (non-hydrogen) atoms. The predicted octanol–water partition coefficient (Wildman–Crippen LogP) is 7.59. The molecule has 0 bridgehead atoms. The summed E-state index contributed by atoms with van der Waals surface area (Å²) in [5.41, 5.74) is 5.36. The molecule has 0 N–H and O–H groups in total. The predicted molar refractivity (Wildman–Crippen MR) is 127 cm³/mol. The number of benzene rings is 4. The number of fused-ring (bicyclic) bond motifs is 3. The number of hydrogen-bond donors (Lipinski definition) is 0. The van der Waals surface area contributed by atoms with E-state index in [1.807, 2.05) is 60.7 Å². The topological polar surface area (TPSA) is 21.7 Å². The van der Waals surface area contributed by atoms with Gasteiger partial charge in [0.1, 0.15) is 17.6 Å². The number of alkyl halides is 2. The van der Waals surface area contributed by atoms with Crippen molar-refractivity contribution in [3.8, 4) is 22.6 Å². The Morgan fingerprint density at radius 3 is 2.27 bits per heavy atom. The van der Waals surface area contributed by atoms with Gasteiger partial charge in [-0.1, -0.05) is 60.7 Å². The Balaban J connectivity index is 1.69.